The fourth-order valence-corrected chi connectivity index (χ4v) is 3.64. The molecule has 7 nitrogen and oxygen atoms in total. The van der Waals surface area contributed by atoms with Crippen LogP contribution in [0.1, 0.15) is 46.6 Å². The second kappa shape index (κ2) is 10.5. The summed E-state index contributed by atoms with van der Waals surface area (Å²) in [4.78, 5) is 19.0. The first kappa shape index (κ1) is 24.6. The van der Waals surface area contributed by atoms with Crippen LogP contribution in [0.25, 0.3) is 0 Å². The van der Waals surface area contributed by atoms with Gasteiger partial charge in [0.2, 0.25) is 12.7 Å². The minimum atomic E-state index is -0.154. The number of hydrogen-bond donors (Lipinski definition) is 2. The summed E-state index contributed by atoms with van der Waals surface area (Å²) in [5.74, 6) is 2.65. The number of guanidine groups is 1. The van der Waals surface area contributed by atoms with Gasteiger partial charge in [-0.2, -0.15) is 0 Å². The average molecular weight is 530 g/mol. The summed E-state index contributed by atoms with van der Waals surface area (Å²) < 4.78 is 10.9. The molecular weight excluding hydrogens is 495 g/mol. The zero-order valence-corrected chi connectivity index (χ0v) is 21.0. The van der Waals surface area contributed by atoms with Gasteiger partial charge in [0.15, 0.2) is 17.5 Å². The first-order chi connectivity index (χ1) is 13.8. The van der Waals surface area contributed by atoms with Gasteiger partial charge >= 0.3 is 0 Å². The summed E-state index contributed by atoms with van der Waals surface area (Å²) in [7, 11) is 0. The fraction of sp³-hybridized carbons (Fsp3) is 0.636. The highest BCUT2D eigenvalue weighted by Gasteiger charge is 2.28. The van der Waals surface area contributed by atoms with Crippen molar-refractivity contribution in [1.82, 2.24) is 15.5 Å². The molecule has 0 aromatic heterocycles. The molecule has 0 aliphatic carbocycles. The van der Waals surface area contributed by atoms with Gasteiger partial charge in [0.1, 0.15) is 0 Å². The van der Waals surface area contributed by atoms with Gasteiger partial charge in [0.05, 0.1) is 6.54 Å². The fourth-order valence-electron chi connectivity index (χ4n) is 3.64. The van der Waals surface area contributed by atoms with E-state index in [0.717, 1.165) is 49.1 Å². The topological polar surface area (TPSA) is 75.2 Å². The summed E-state index contributed by atoms with van der Waals surface area (Å²) in [6, 6.07) is 6.32. The lowest BCUT2D eigenvalue weighted by atomic mass is 9.84. The molecule has 30 heavy (non-hydrogen) atoms. The van der Waals surface area contributed by atoms with Crippen LogP contribution >= 0.6 is 24.0 Å². The van der Waals surface area contributed by atoms with E-state index >= 15 is 0 Å². The molecule has 1 fully saturated rings. The largest absolute Gasteiger partial charge is 0.454 e. The highest BCUT2D eigenvalue weighted by Crippen LogP contribution is 2.36. The Kier molecular flexibility index (Phi) is 8.63. The maximum Gasteiger partial charge on any atom is 0.231 e. The van der Waals surface area contributed by atoms with Crippen LogP contribution < -0.4 is 20.1 Å². The molecule has 2 N–H and O–H groups in total. The summed E-state index contributed by atoms with van der Waals surface area (Å²) in [6.45, 7) is 13.5. The van der Waals surface area contributed by atoms with Gasteiger partial charge in [-0.15, -0.1) is 24.0 Å². The van der Waals surface area contributed by atoms with Crippen molar-refractivity contribution in [3.05, 3.63) is 23.8 Å². The summed E-state index contributed by atoms with van der Waals surface area (Å²) in [6.07, 6.45) is 0.939. The Morgan fingerprint density at radius 2 is 2.03 bits per heavy atom. The molecule has 1 aromatic carbocycles. The third kappa shape index (κ3) is 5.92. The molecule has 0 saturated carbocycles. The van der Waals surface area contributed by atoms with Gasteiger partial charge in [-0.25, -0.2) is 0 Å². The Morgan fingerprint density at radius 1 is 1.30 bits per heavy atom. The number of hydrogen-bond acceptors (Lipinski definition) is 4. The quantitative estimate of drug-likeness (QED) is 0.336. The summed E-state index contributed by atoms with van der Waals surface area (Å²) >= 11 is 0. The molecule has 1 atom stereocenters. The summed E-state index contributed by atoms with van der Waals surface area (Å²) in [5.41, 5.74) is 1.01. The molecule has 3 rings (SSSR count). The maximum atomic E-state index is 12.2. The Labute approximate surface area is 197 Å². The van der Waals surface area contributed by atoms with E-state index in [9.17, 15) is 4.79 Å². The Balaban J connectivity index is 0.00000320. The van der Waals surface area contributed by atoms with Crippen LogP contribution in [0.5, 0.6) is 11.5 Å². The van der Waals surface area contributed by atoms with E-state index in [1.54, 1.807) is 0 Å². The lowest BCUT2D eigenvalue weighted by Gasteiger charge is -2.25. The number of carbonyl (C=O) groups is 1. The van der Waals surface area contributed by atoms with E-state index in [-0.39, 0.29) is 54.1 Å². The van der Waals surface area contributed by atoms with Gasteiger partial charge in [-0.05, 0) is 31.0 Å². The first-order valence-electron chi connectivity index (χ1n) is 10.5. The number of benzene rings is 1. The molecule has 8 heteroatoms. The van der Waals surface area contributed by atoms with E-state index in [0.29, 0.717) is 6.54 Å². The van der Waals surface area contributed by atoms with Crippen molar-refractivity contribution in [1.29, 1.82) is 0 Å². The number of nitrogens with zero attached hydrogens (tertiary/aromatic N) is 2. The second-order valence-corrected chi connectivity index (χ2v) is 8.72. The SMILES string of the molecule is CCNC(=NCC(C)(C)c1ccc2c(c1)OCO2)NC1CCN(C(=O)C(C)C)C1.I. The molecule has 2 aliphatic rings. The molecule has 1 unspecified atom stereocenters. The maximum absolute atomic E-state index is 12.2. The molecule has 1 amide bonds. The third-order valence-corrected chi connectivity index (χ3v) is 5.47. The van der Waals surface area contributed by atoms with Crippen molar-refractivity contribution in [2.45, 2.75) is 52.5 Å². The standard InChI is InChI=1S/C22H34N4O3.HI/c1-6-23-21(25-17-9-10-26(12-17)20(27)15(2)3)24-13-22(4,5)16-7-8-18-19(11-16)29-14-28-18;/h7-8,11,15,17H,6,9-10,12-14H2,1-5H3,(H2,23,24,25);1H. The normalized spacial score (nSPS) is 18.4. The van der Waals surface area contributed by atoms with Crippen LogP contribution in [-0.4, -0.2) is 55.8 Å². The summed E-state index contributed by atoms with van der Waals surface area (Å²) in [5, 5.41) is 6.84. The lowest BCUT2D eigenvalue weighted by Crippen LogP contribution is -2.45. The van der Waals surface area contributed by atoms with Crippen LogP contribution in [0.2, 0.25) is 0 Å². The smallest absolute Gasteiger partial charge is 0.231 e. The highest BCUT2D eigenvalue weighted by atomic mass is 127. The molecule has 0 radical (unpaired) electrons. The van der Waals surface area contributed by atoms with Crippen molar-refractivity contribution >= 4 is 35.8 Å². The Morgan fingerprint density at radius 3 is 2.73 bits per heavy atom. The van der Waals surface area contributed by atoms with E-state index in [4.69, 9.17) is 14.5 Å². The number of rotatable bonds is 6. The zero-order valence-electron chi connectivity index (χ0n) is 18.7. The molecular formula is C22H35IN4O3. The van der Waals surface area contributed by atoms with Crippen molar-refractivity contribution in [2.24, 2.45) is 10.9 Å². The van der Waals surface area contributed by atoms with Crippen LogP contribution in [0, 0.1) is 5.92 Å². The van der Waals surface area contributed by atoms with Gasteiger partial charge in [-0.1, -0.05) is 33.8 Å². The molecule has 1 saturated heterocycles. The van der Waals surface area contributed by atoms with Gasteiger partial charge in [-0.3, -0.25) is 9.79 Å². The number of ether oxygens (including phenoxy) is 2. The number of nitrogens with one attached hydrogen (secondary N) is 2. The van der Waals surface area contributed by atoms with Crippen LogP contribution in [0.4, 0.5) is 0 Å². The molecule has 2 aliphatic heterocycles. The molecule has 2 heterocycles. The van der Waals surface area contributed by atoms with Crippen LogP contribution in [0.3, 0.4) is 0 Å². The van der Waals surface area contributed by atoms with Crippen molar-refractivity contribution in [3.8, 4) is 11.5 Å². The highest BCUT2D eigenvalue weighted by molar-refractivity contribution is 14.0. The molecule has 0 bridgehead atoms. The van der Waals surface area contributed by atoms with Crippen LogP contribution in [0.15, 0.2) is 23.2 Å². The van der Waals surface area contributed by atoms with Gasteiger partial charge < -0.3 is 25.0 Å². The number of aliphatic imine (C=N–C) groups is 1. The van der Waals surface area contributed by atoms with E-state index in [1.807, 2.05) is 30.9 Å². The lowest BCUT2D eigenvalue weighted by molar-refractivity contribution is -0.133. The monoisotopic (exact) mass is 530 g/mol. The first-order valence-corrected chi connectivity index (χ1v) is 10.5. The number of likely N-dealkylation sites (tertiary alicyclic amines) is 1. The minimum absolute atomic E-state index is 0. The Bertz CT molecular complexity index is 767. The second-order valence-electron chi connectivity index (χ2n) is 8.72. The third-order valence-electron chi connectivity index (χ3n) is 5.47. The van der Waals surface area contributed by atoms with Gasteiger partial charge in [0.25, 0.3) is 0 Å². The van der Waals surface area contributed by atoms with E-state index < -0.39 is 0 Å². The number of fused-ring (bicyclic) bond motifs is 1. The van der Waals surface area contributed by atoms with Crippen molar-refractivity contribution < 1.29 is 14.3 Å². The number of amides is 1. The van der Waals surface area contributed by atoms with Gasteiger partial charge in [0, 0.05) is 37.0 Å². The van der Waals surface area contributed by atoms with Crippen molar-refractivity contribution in [3.63, 3.8) is 0 Å². The molecule has 0 spiro atoms. The van der Waals surface area contributed by atoms with Crippen LogP contribution in [-0.2, 0) is 10.2 Å². The minimum Gasteiger partial charge on any atom is -0.454 e. The van der Waals surface area contributed by atoms with E-state index in [2.05, 4.69) is 37.5 Å². The zero-order chi connectivity index (χ0) is 21.0. The predicted octanol–water partition coefficient (Wildman–Crippen LogP) is 3.12. The Hall–Kier alpha value is -1.71. The predicted molar refractivity (Wildman–Crippen MR) is 130 cm³/mol. The average Bonchev–Trinajstić information content (AvgIpc) is 3.34. The molecule has 1 aromatic rings. The van der Waals surface area contributed by atoms with E-state index in [1.165, 1.54) is 0 Å². The molecule has 168 valence electrons. The number of carbonyl (C=O) groups excluding carboxylic acids is 1. The van der Waals surface area contributed by atoms with Crippen molar-refractivity contribution in [2.75, 3.05) is 33.0 Å². The number of halogens is 1.